The zero-order valence-electron chi connectivity index (χ0n) is 18.8. The molecule has 176 valence electrons. The number of halogens is 1. The van der Waals surface area contributed by atoms with Crippen LogP contribution < -0.4 is 15.4 Å². The monoisotopic (exact) mass is 588 g/mol. The second kappa shape index (κ2) is 10.4. The van der Waals surface area contributed by atoms with E-state index in [1.165, 1.54) is 0 Å². The molecule has 0 unspecified atom stereocenters. The molecule has 9 heteroatoms. The number of hydrogen-bond acceptors (Lipinski definition) is 7. The van der Waals surface area contributed by atoms with Gasteiger partial charge >= 0.3 is 0 Å². The standard InChI is InChI=1S/C25H25IN4O3S/c1-27-25(31)18-5-2-4-16-17-8-15-34-23(17)24(29-22(16)18)28-19-6-3-7-20(21(19)26)33-14-11-30-9-12-32-13-10-30/h2-8,15H,9-14H2,1H3,(H,27,31)(H,28,29). The molecule has 0 atom stereocenters. The Bertz CT molecular complexity index is 1340. The number of fused-ring (bicyclic) bond motifs is 3. The molecule has 0 aliphatic carbocycles. The normalized spacial score (nSPS) is 14.4. The highest BCUT2D eigenvalue weighted by Gasteiger charge is 2.17. The van der Waals surface area contributed by atoms with Crippen molar-refractivity contribution in [3.8, 4) is 5.75 Å². The number of nitrogens with one attached hydrogen (secondary N) is 2. The van der Waals surface area contributed by atoms with Gasteiger partial charge in [-0.3, -0.25) is 9.69 Å². The number of thiophene rings is 1. The number of para-hydroxylation sites is 1. The van der Waals surface area contributed by atoms with Gasteiger partial charge in [0.1, 0.15) is 18.2 Å². The molecule has 0 saturated carbocycles. The Kier molecular flexibility index (Phi) is 7.14. The van der Waals surface area contributed by atoms with Crippen LogP contribution in [0.15, 0.2) is 47.8 Å². The number of rotatable bonds is 7. The van der Waals surface area contributed by atoms with E-state index in [0.29, 0.717) is 17.7 Å². The minimum absolute atomic E-state index is 0.149. The largest absolute Gasteiger partial charge is 0.491 e. The Morgan fingerprint density at radius 2 is 2.00 bits per heavy atom. The van der Waals surface area contributed by atoms with Gasteiger partial charge in [0, 0.05) is 37.5 Å². The second-order valence-electron chi connectivity index (χ2n) is 7.95. The molecule has 2 aromatic carbocycles. The van der Waals surface area contributed by atoms with Crippen LogP contribution in [0.5, 0.6) is 5.75 Å². The number of benzene rings is 2. The van der Waals surface area contributed by atoms with Gasteiger partial charge in [-0.15, -0.1) is 11.3 Å². The lowest BCUT2D eigenvalue weighted by atomic mass is 10.1. The molecule has 1 amide bonds. The molecule has 7 nitrogen and oxygen atoms in total. The zero-order chi connectivity index (χ0) is 23.5. The third-order valence-electron chi connectivity index (χ3n) is 5.89. The van der Waals surface area contributed by atoms with Crippen LogP contribution >= 0.6 is 33.9 Å². The topological polar surface area (TPSA) is 75.7 Å². The van der Waals surface area contributed by atoms with Crippen LogP contribution in [0.4, 0.5) is 11.5 Å². The lowest BCUT2D eigenvalue weighted by Gasteiger charge is -2.26. The molecule has 0 spiro atoms. The highest BCUT2D eigenvalue weighted by Crippen LogP contribution is 2.37. The van der Waals surface area contributed by atoms with Crippen molar-refractivity contribution in [3.63, 3.8) is 0 Å². The highest BCUT2D eigenvalue weighted by atomic mass is 127. The van der Waals surface area contributed by atoms with Crippen molar-refractivity contribution >= 4 is 72.3 Å². The van der Waals surface area contributed by atoms with E-state index in [1.807, 2.05) is 36.4 Å². The van der Waals surface area contributed by atoms with Crippen LogP contribution in [-0.4, -0.2) is 62.3 Å². The number of anilines is 2. The smallest absolute Gasteiger partial charge is 0.253 e. The van der Waals surface area contributed by atoms with Crippen molar-refractivity contribution in [1.29, 1.82) is 0 Å². The Labute approximate surface area is 215 Å². The molecule has 0 bridgehead atoms. The van der Waals surface area contributed by atoms with E-state index in [4.69, 9.17) is 14.5 Å². The Balaban J connectivity index is 1.44. The van der Waals surface area contributed by atoms with Crippen molar-refractivity contribution in [1.82, 2.24) is 15.2 Å². The number of amides is 1. The minimum Gasteiger partial charge on any atom is -0.491 e. The molecule has 34 heavy (non-hydrogen) atoms. The van der Waals surface area contributed by atoms with E-state index < -0.39 is 0 Å². The predicted octanol–water partition coefficient (Wildman–Crippen LogP) is 4.87. The van der Waals surface area contributed by atoms with E-state index in [9.17, 15) is 4.79 Å². The molecule has 1 saturated heterocycles. The van der Waals surface area contributed by atoms with Gasteiger partial charge in [-0.2, -0.15) is 0 Å². The van der Waals surface area contributed by atoms with Gasteiger partial charge in [-0.1, -0.05) is 18.2 Å². The molecule has 1 aliphatic rings. The SMILES string of the molecule is CNC(=O)c1cccc2c1nc(Nc1cccc(OCCN3CCOCC3)c1I)c1sccc12. The number of aromatic nitrogens is 1. The summed E-state index contributed by atoms with van der Waals surface area (Å²) < 4.78 is 13.6. The first-order valence-electron chi connectivity index (χ1n) is 11.2. The third-order valence-corrected chi connectivity index (χ3v) is 7.92. The number of carbonyl (C=O) groups is 1. The first-order valence-corrected chi connectivity index (χ1v) is 13.1. The van der Waals surface area contributed by atoms with E-state index >= 15 is 0 Å². The van der Waals surface area contributed by atoms with E-state index in [0.717, 1.165) is 69.1 Å². The van der Waals surface area contributed by atoms with E-state index in [2.05, 4.69) is 49.6 Å². The van der Waals surface area contributed by atoms with Gasteiger partial charge in [0.15, 0.2) is 0 Å². The molecule has 0 radical (unpaired) electrons. The van der Waals surface area contributed by atoms with Crippen molar-refractivity contribution in [2.75, 3.05) is 51.8 Å². The van der Waals surface area contributed by atoms with Crippen molar-refractivity contribution in [2.24, 2.45) is 0 Å². The Hall–Kier alpha value is -2.47. The second-order valence-corrected chi connectivity index (χ2v) is 9.94. The van der Waals surface area contributed by atoms with Gasteiger partial charge in [-0.25, -0.2) is 4.98 Å². The summed E-state index contributed by atoms with van der Waals surface area (Å²) in [5, 5.41) is 10.3. The molecule has 1 aliphatic heterocycles. The first-order chi connectivity index (χ1) is 16.7. The molecule has 2 N–H and O–H groups in total. The summed E-state index contributed by atoms with van der Waals surface area (Å²) in [7, 11) is 1.64. The number of morpholine rings is 1. The predicted molar refractivity (Wildman–Crippen MR) is 146 cm³/mol. The van der Waals surface area contributed by atoms with Crippen LogP contribution in [0.1, 0.15) is 10.4 Å². The molecular formula is C25H25IN4O3S. The van der Waals surface area contributed by atoms with Crippen LogP contribution in [0.2, 0.25) is 0 Å². The minimum atomic E-state index is -0.149. The highest BCUT2D eigenvalue weighted by molar-refractivity contribution is 14.1. The molecule has 5 rings (SSSR count). The summed E-state index contributed by atoms with van der Waals surface area (Å²) in [6.07, 6.45) is 0. The maximum atomic E-state index is 12.5. The average molecular weight is 588 g/mol. The Morgan fingerprint density at radius 3 is 2.82 bits per heavy atom. The number of nitrogens with zero attached hydrogens (tertiary/aromatic N) is 2. The molecule has 2 aromatic heterocycles. The summed E-state index contributed by atoms with van der Waals surface area (Å²) in [6, 6.07) is 13.8. The summed E-state index contributed by atoms with van der Waals surface area (Å²) in [5.41, 5.74) is 2.16. The van der Waals surface area contributed by atoms with Crippen molar-refractivity contribution < 1.29 is 14.3 Å². The van der Waals surface area contributed by atoms with Gasteiger partial charge < -0.3 is 20.1 Å². The van der Waals surface area contributed by atoms with Crippen LogP contribution in [0.3, 0.4) is 0 Å². The van der Waals surface area contributed by atoms with Crippen LogP contribution in [-0.2, 0) is 4.74 Å². The summed E-state index contributed by atoms with van der Waals surface area (Å²) >= 11 is 3.95. The van der Waals surface area contributed by atoms with Gasteiger partial charge in [0.25, 0.3) is 5.91 Å². The van der Waals surface area contributed by atoms with Crippen LogP contribution in [0, 0.1) is 3.57 Å². The molecule has 4 aromatic rings. The lowest BCUT2D eigenvalue weighted by Crippen LogP contribution is -2.38. The van der Waals surface area contributed by atoms with E-state index in [1.54, 1.807) is 18.4 Å². The van der Waals surface area contributed by atoms with Crippen molar-refractivity contribution in [2.45, 2.75) is 0 Å². The maximum Gasteiger partial charge on any atom is 0.253 e. The molecular weight excluding hydrogens is 563 g/mol. The first kappa shape index (κ1) is 23.3. The summed E-state index contributed by atoms with van der Waals surface area (Å²) in [4.78, 5) is 19.8. The summed E-state index contributed by atoms with van der Waals surface area (Å²) in [6.45, 7) is 4.97. The van der Waals surface area contributed by atoms with E-state index in [-0.39, 0.29) is 5.91 Å². The molecule has 3 heterocycles. The maximum absolute atomic E-state index is 12.5. The fourth-order valence-corrected chi connectivity index (χ4v) is 5.61. The number of carbonyl (C=O) groups excluding carboxylic acids is 1. The average Bonchev–Trinajstić information content (AvgIpc) is 3.37. The lowest BCUT2D eigenvalue weighted by molar-refractivity contribution is 0.0322. The van der Waals surface area contributed by atoms with Crippen LogP contribution in [0.25, 0.3) is 21.0 Å². The molecule has 1 fully saturated rings. The van der Waals surface area contributed by atoms with Gasteiger partial charge in [0.2, 0.25) is 0 Å². The van der Waals surface area contributed by atoms with Crippen molar-refractivity contribution in [3.05, 3.63) is 57.0 Å². The quantitative estimate of drug-likeness (QED) is 0.301. The third kappa shape index (κ3) is 4.70. The Morgan fingerprint density at radius 1 is 1.18 bits per heavy atom. The fourth-order valence-electron chi connectivity index (χ4n) is 4.11. The summed E-state index contributed by atoms with van der Waals surface area (Å²) in [5.74, 6) is 1.43. The number of ether oxygens (including phenoxy) is 2. The van der Waals surface area contributed by atoms with Gasteiger partial charge in [-0.05, 0) is 52.2 Å². The van der Waals surface area contributed by atoms with Gasteiger partial charge in [0.05, 0.1) is 38.3 Å². The fraction of sp³-hybridized carbons (Fsp3) is 0.280. The number of hydrogen-bond donors (Lipinski definition) is 2. The number of pyridine rings is 1. The zero-order valence-corrected chi connectivity index (χ0v) is 21.7.